The molecule has 2 aromatic carbocycles. The lowest BCUT2D eigenvalue weighted by Gasteiger charge is -2.11. The van der Waals surface area contributed by atoms with E-state index >= 15 is 0 Å². The number of nitrogens with one attached hydrogen (secondary N) is 1. The largest absolute Gasteiger partial charge is 0.416 e. The summed E-state index contributed by atoms with van der Waals surface area (Å²) >= 11 is 0. The number of halogens is 3. The van der Waals surface area contributed by atoms with Crippen molar-refractivity contribution in [2.45, 2.75) is 32.4 Å². The maximum Gasteiger partial charge on any atom is 0.416 e. The number of benzene rings is 2. The van der Waals surface area contributed by atoms with Crippen molar-refractivity contribution in [3.05, 3.63) is 65.2 Å². The van der Waals surface area contributed by atoms with E-state index in [1.165, 1.54) is 12.1 Å². The minimum Gasteiger partial charge on any atom is -0.322 e. The van der Waals surface area contributed by atoms with Crippen LogP contribution in [0.25, 0.3) is 0 Å². The van der Waals surface area contributed by atoms with Crippen LogP contribution in [0.3, 0.4) is 0 Å². The smallest absolute Gasteiger partial charge is 0.322 e. The van der Waals surface area contributed by atoms with Gasteiger partial charge in [0.2, 0.25) is 0 Å². The Labute approximate surface area is 133 Å². The van der Waals surface area contributed by atoms with Crippen molar-refractivity contribution in [1.82, 2.24) is 0 Å². The summed E-state index contributed by atoms with van der Waals surface area (Å²) in [6.07, 6.45) is -3.45. The maximum absolute atomic E-state index is 12.7. The number of anilines is 1. The average Bonchev–Trinajstić information content (AvgIpc) is 2.54. The van der Waals surface area contributed by atoms with Gasteiger partial charge in [0.25, 0.3) is 5.91 Å². The minimum atomic E-state index is -4.46. The van der Waals surface area contributed by atoms with Crippen LogP contribution in [0.15, 0.2) is 48.5 Å². The van der Waals surface area contributed by atoms with E-state index in [4.69, 9.17) is 0 Å². The van der Waals surface area contributed by atoms with Crippen LogP contribution < -0.4 is 5.32 Å². The molecular weight excluding hydrogens is 303 g/mol. The number of carbonyl (C=O) groups excluding carboxylic acids is 1. The standard InChI is InChI=1S/C18H18F3NO/c1-3-12(2)13-7-9-16(10-8-13)22-17(23)14-5-4-6-15(11-14)18(19,20)21/h4-12H,3H2,1-2H3,(H,22,23)/t12-/m1/s1. The molecule has 1 amide bonds. The normalized spacial score (nSPS) is 12.7. The lowest BCUT2D eigenvalue weighted by Crippen LogP contribution is -2.14. The summed E-state index contributed by atoms with van der Waals surface area (Å²) in [5, 5.41) is 2.61. The second-order valence-electron chi connectivity index (χ2n) is 5.46. The topological polar surface area (TPSA) is 29.1 Å². The molecule has 0 aliphatic rings. The molecule has 0 heterocycles. The Kier molecular flexibility index (Phi) is 5.08. The fourth-order valence-corrected chi connectivity index (χ4v) is 2.17. The highest BCUT2D eigenvalue weighted by Gasteiger charge is 2.30. The molecule has 0 aromatic heterocycles. The molecule has 1 atom stereocenters. The van der Waals surface area contributed by atoms with Crippen molar-refractivity contribution < 1.29 is 18.0 Å². The Morgan fingerprint density at radius 2 is 1.78 bits per heavy atom. The molecule has 0 radical (unpaired) electrons. The molecule has 122 valence electrons. The molecule has 0 aliphatic heterocycles. The van der Waals surface area contributed by atoms with Crippen LogP contribution in [0.4, 0.5) is 18.9 Å². The van der Waals surface area contributed by atoms with E-state index in [0.29, 0.717) is 11.6 Å². The van der Waals surface area contributed by atoms with Crippen LogP contribution in [0.1, 0.15) is 47.7 Å². The molecule has 0 unspecified atom stereocenters. The first-order valence-electron chi connectivity index (χ1n) is 7.40. The van der Waals surface area contributed by atoms with E-state index in [2.05, 4.69) is 19.2 Å². The zero-order valence-corrected chi connectivity index (χ0v) is 12.9. The minimum absolute atomic E-state index is 0.0224. The van der Waals surface area contributed by atoms with Crippen molar-refractivity contribution in [3.8, 4) is 0 Å². The third-order valence-electron chi connectivity index (χ3n) is 3.80. The zero-order valence-electron chi connectivity index (χ0n) is 12.9. The molecule has 23 heavy (non-hydrogen) atoms. The van der Waals surface area contributed by atoms with Crippen molar-refractivity contribution in [2.75, 3.05) is 5.32 Å². The number of hydrogen-bond donors (Lipinski definition) is 1. The van der Waals surface area contributed by atoms with Crippen LogP contribution in [0.5, 0.6) is 0 Å². The van der Waals surface area contributed by atoms with Gasteiger partial charge in [-0.2, -0.15) is 13.2 Å². The van der Waals surface area contributed by atoms with Crippen LogP contribution in [-0.2, 0) is 6.18 Å². The summed E-state index contributed by atoms with van der Waals surface area (Å²) in [5.74, 6) is -0.143. The Bertz CT molecular complexity index is 677. The first kappa shape index (κ1) is 17.1. The number of amides is 1. The Hall–Kier alpha value is -2.30. The molecule has 0 saturated heterocycles. The predicted octanol–water partition coefficient (Wildman–Crippen LogP) is 5.47. The molecule has 0 spiro atoms. The van der Waals surface area contributed by atoms with Crippen molar-refractivity contribution >= 4 is 11.6 Å². The van der Waals surface area contributed by atoms with Gasteiger partial charge in [0.15, 0.2) is 0 Å². The summed E-state index contributed by atoms with van der Waals surface area (Å²) in [4.78, 5) is 12.1. The highest BCUT2D eigenvalue weighted by atomic mass is 19.4. The monoisotopic (exact) mass is 321 g/mol. The quantitative estimate of drug-likeness (QED) is 0.794. The van der Waals surface area contributed by atoms with Gasteiger partial charge in [0.05, 0.1) is 5.56 Å². The Morgan fingerprint density at radius 1 is 1.13 bits per heavy atom. The molecule has 0 bridgehead atoms. The number of alkyl halides is 3. The van der Waals surface area contributed by atoms with Gasteiger partial charge in [-0.25, -0.2) is 0 Å². The number of rotatable bonds is 4. The van der Waals surface area contributed by atoms with Gasteiger partial charge in [-0.15, -0.1) is 0 Å². The predicted molar refractivity (Wildman–Crippen MR) is 84.5 cm³/mol. The van der Waals surface area contributed by atoms with Gasteiger partial charge in [-0.1, -0.05) is 32.0 Å². The average molecular weight is 321 g/mol. The van der Waals surface area contributed by atoms with Gasteiger partial charge in [0, 0.05) is 11.3 Å². The van der Waals surface area contributed by atoms with Crippen molar-refractivity contribution in [3.63, 3.8) is 0 Å². The highest BCUT2D eigenvalue weighted by Crippen LogP contribution is 2.29. The molecule has 5 heteroatoms. The van der Waals surface area contributed by atoms with Gasteiger partial charge in [-0.3, -0.25) is 4.79 Å². The first-order valence-corrected chi connectivity index (χ1v) is 7.40. The van der Waals surface area contributed by atoms with E-state index in [9.17, 15) is 18.0 Å². The van der Waals surface area contributed by atoms with E-state index in [1.54, 1.807) is 12.1 Å². The highest BCUT2D eigenvalue weighted by molar-refractivity contribution is 6.04. The molecule has 2 aromatic rings. The molecule has 1 N–H and O–H groups in total. The van der Waals surface area contributed by atoms with Gasteiger partial charge in [-0.05, 0) is 48.2 Å². The zero-order chi connectivity index (χ0) is 17.0. The summed E-state index contributed by atoms with van der Waals surface area (Å²) in [6, 6.07) is 11.7. The molecule has 0 saturated carbocycles. The molecule has 0 aliphatic carbocycles. The third kappa shape index (κ3) is 4.34. The summed E-state index contributed by atoms with van der Waals surface area (Å²) in [6.45, 7) is 4.20. The van der Waals surface area contributed by atoms with Crippen LogP contribution in [-0.4, -0.2) is 5.91 Å². The van der Waals surface area contributed by atoms with E-state index < -0.39 is 17.6 Å². The molecule has 0 fully saturated rings. The van der Waals surface area contributed by atoms with Crippen molar-refractivity contribution in [2.24, 2.45) is 0 Å². The Balaban J connectivity index is 2.13. The first-order chi connectivity index (χ1) is 10.8. The molecule has 2 nitrogen and oxygen atoms in total. The lowest BCUT2D eigenvalue weighted by atomic mass is 9.98. The van der Waals surface area contributed by atoms with E-state index in [-0.39, 0.29) is 5.56 Å². The number of hydrogen-bond acceptors (Lipinski definition) is 1. The summed E-state index contributed by atoms with van der Waals surface area (Å²) in [5.41, 5.74) is 0.854. The van der Waals surface area contributed by atoms with Crippen molar-refractivity contribution in [1.29, 1.82) is 0 Å². The third-order valence-corrected chi connectivity index (χ3v) is 3.80. The van der Waals surface area contributed by atoms with Crippen LogP contribution >= 0.6 is 0 Å². The van der Waals surface area contributed by atoms with Gasteiger partial charge in [0.1, 0.15) is 0 Å². The van der Waals surface area contributed by atoms with Crippen LogP contribution in [0, 0.1) is 0 Å². The summed E-state index contributed by atoms with van der Waals surface area (Å²) in [7, 11) is 0. The second kappa shape index (κ2) is 6.86. The molecular formula is C18H18F3NO. The Morgan fingerprint density at radius 3 is 2.35 bits per heavy atom. The lowest BCUT2D eigenvalue weighted by molar-refractivity contribution is -0.137. The van der Waals surface area contributed by atoms with E-state index in [1.807, 2.05) is 12.1 Å². The maximum atomic E-state index is 12.7. The van der Waals surface area contributed by atoms with E-state index in [0.717, 1.165) is 24.1 Å². The second-order valence-corrected chi connectivity index (χ2v) is 5.46. The van der Waals surface area contributed by atoms with Crippen LogP contribution in [0.2, 0.25) is 0 Å². The molecule has 2 rings (SSSR count). The SMILES string of the molecule is CC[C@@H](C)c1ccc(NC(=O)c2cccc(C(F)(F)F)c2)cc1. The fourth-order valence-electron chi connectivity index (χ4n) is 2.17. The van der Waals surface area contributed by atoms with Gasteiger partial charge < -0.3 is 5.32 Å². The fraction of sp³-hybridized carbons (Fsp3) is 0.278. The van der Waals surface area contributed by atoms with Gasteiger partial charge >= 0.3 is 6.18 Å². The number of carbonyl (C=O) groups is 1. The summed E-state index contributed by atoms with van der Waals surface area (Å²) < 4.78 is 38.0.